The Morgan fingerprint density at radius 1 is 1.35 bits per heavy atom. The molecule has 0 aromatic heterocycles. The summed E-state index contributed by atoms with van der Waals surface area (Å²) in [5, 5.41) is 9.52. The van der Waals surface area contributed by atoms with Gasteiger partial charge < -0.3 is 14.6 Å². The molecule has 0 bridgehead atoms. The highest BCUT2D eigenvalue weighted by molar-refractivity contribution is 5.84. The minimum absolute atomic E-state index is 0.108. The van der Waals surface area contributed by atoms with Gasteiger partial charge in [0.15, 0.2) is 6.29 Å². The molecule has 17 heavy (non-hydrogen) atoms. The molecule has 2 aliphatic rings. The van der Waals surface area contributed by atoms with Crippen molar-refractivity contribution in [2.45, 2.75) is 46.2 Å². The summed E-state index contributed by atoms with van der Waals surface area (Å²) in [6.07, 6.45) is -0.686. The Hall–Kier alpha value is -0.450. The lowest BCUT2D eigenvalue weighted by Crippen LogP contribution is -2.35. The minimum Gasteiger partial charge on any atom is -0.393 e. The number of carbonyl (C=O) groups is 1. The fraction of sp³-hybridized carbons (Fsp3) is 0.923. The fourth-order valence-electron chi connectivity index (χ4n) is 2.85. The Bertz CT molecular complexity index is 300. The Morgan fingerprint density at radius 2 is 2.00 bits per heavy atom. The molecule has 0 aliphatic carbocycles. The quantitative estimate of drug-likeness (QED) is 0.808. The summed E-state index contributed by atoms with van der Waals surface area (Å²) >= 11 is 0. The highest BCUT2D eigenvalue weighted by atomic mass is 16.7. The van der Waals surface area contributed by atoms with Crippen molar-refractivity contribution in [3.63, 3.8) is 0 Å². The van der Waals surface area contributed by atoms with Crippen LogP contribution in [0.1, 0.15) is 27.7 Å². The molecule has 1 N–H and O–H groups in total. The van der Waals surface area contributed by atoms with E-state index < -0.39 is 6.10 Å². The number of Topliss-reactive ketones (excluding diaryl/α,β-unsaturated/α-hetero) is 1. The summed E-state index contributed by atoms with van der Waals surface area (Å²) in [5.41, 5.74) is 0. The molecule has 0 saturated carbocycles. The average Bonchev–Trinajstić information content (AvgIpc) is 2.79. The van der Waals surface area contributed by atoms with Crippen LogP contribution in [0, 0.1) is 23.7 Å². The van der Waals surface area contributed by atoms with Crippen molar-refractivity contribution in [3.05, 3.63) is 0 Å². The monoisotopic (exact) mass is 242 g/mol. The lowest BCUT2D eigenvalue weighted by molar-refractivity contribution is -0.130. The molecule has 98 valence electrons. The van der Waals surface area contributed by atoms with E-state index in [4.69, 9.17) is 9.47 Å². The normalized spacial score (nSPS) is 44.4. The van der Waals surface area contributed by atoms with Crippen molar-refractivity contribution in [2.75, 3.05) is 6.61 Å². The zero-order valence-corrected chi connectivity index (χ0v) is 10.9. The van der Waals surface area contributed by atoms with E-state index in [1.54, 1.807) is 13.8 Å². The third-order valence-corrected chi connectivity index (χ3v) is 4.45. The van der Waals surface area contributed by atoms with Gasteiger partial charge in [0, 0.05) is 17.8 Å². The van der Waals surface area contributed by atoms with E-state index in [0.717, 1.165) is 0 Å². The molecule has 4 heteroatoms. The summed E-state index contributed by atoms with van der Waals surface area (Å²) < 4.78 is 11.2. The summed E-state index contributed by atoms with van der Waals surface area (Å²) in [5.74, 6) is 0.142. The van der Waals surface area contributed by atoms with E-state index in [9.17, 15) is 9.90 Å². The van der Waals surface area contributed by atoms with Crippen molar-refractivity contribution < 1.29 is 19.4 Å². The molecule has 2 aliphatic heterocycles. The van der Waals surface area contributed by atoms with E-state index in [0.29, 0.717) is 12.5 Å². The maximum absolute atomic E-state index is 12.3. The molecule has 7 unspecified atom stereocenters. The molecular formula is C13H22O4. The minimum atomic E-state index is -0.600. The average molecular weight is 242 g/mol. The molecule has 2 heterocycles. The van der Waals surface area contributed by atoms with Crippen molar-refractivity contribution in [2.24, 2.45) is 23.7 Å². The Balaban J connectivity index is 2.10. The van der Waals surface area contributed by atoms with Gasteiger partial charge in [-0.1, -0.05) is 13.8 Å². The second kappa shape index (κ2) is 4.67. The number of ether oxygens (including phenoxy) is 2. The van der Waals surface area contributed by atoms with Crippen LogP contribution in [0.2, 0.25) is 0 Å². The van der Waals surface area contributed by atoms with Crippen molar-refractivity contribution in [1.82, 2.24) is 0 Å². The van der Waals surface area contributed by atoms with E-state index in [1.165, 1.54) is 0 Å². The van der Waals surface area contributed by atoms with Gasteiger partial charge in [-0.25, -0.2) is 0 Å². The number of carbonyl (C=O) groups excluding carboxylic acids is 1. The molecule has 0 aromatic rings. The standard InChI is InChI=1S/C13H22O4/c1-6(8(3)14)12(15)10-5-16-13-11(10)7(2)9(4)17-13/h6-11,13-14H,5H2,1-4H3. The van der Waals surface area contributed by atoms with E-state index in [-0.39, 0.29) is 35.9 Å². The number of aliphatic hydroxyl groups excluding tert-OH is 1. The predicted octanol–water partition coefficient (Wildman–Crippen LogP) is 1.22. The van der Waals surface area contributed by atoms with Crippen molar-refractivity contribution in [1.29, 1.82) is 0 Å². The maximum atomic E-state index is 12.3. The molecule has 2 saturated heterocycles. The third-order valence-electron chi connectivity index (χ3n) is 4.45. The van der Waals surface area contributed by atoms with Crippen LogP contribution in [0.3, 0.4) is 0 Å². The summed E-state index contributed by atoms with van der Waals surface area (Å²) in [6, 6.07) is 0. The van der Waals surface area contributed by atoms with Crippen LogP contribution < -0.4 is 0 Å². The van der Waals surface area contributed by atoms with Crippen LogP contribution in [-0.2, 0) is 14.3 Å². The maximum Gasteiger partial charge on any atom is 0.161 e. The summed E-state index contributed by atoms with van der Waals surface area (Å²) in [7, 11) is 0. The Labute approximate surface area is 102 Å². The second-order valence-electron chi connectivity index (χ2n) is 5.52. The van der Waals surface area contributed by atoms with Crippen LogP contribution in [-0.4, -0.2) is 36.0 Å². The van der Waals surface area contributed by atoms with Crippen molar-refractivity contribution >= 4 is 5.78 Å². The number of aliphatic hydroxyl groups is 1. The molecule has 0 aromatic carbocycles. The van der Waals surface area contributed by atoms with Crippen LogP contribution >= 0.6 is 0 Å². The van der Waals surface area contributed by atoms with Crippen LogP contribution in [0.5, 0.6) is 0 Å². The summed E-state index contributed by atoms with van der Waals surface area (Å²) in [4.78, 5) is 12.3. The number of hydrogen-bond donors (Lipinski definition) is 1. The zero-order valence-electron chi connectivity index (χ0n) is 10.9. The Morgan fingerprint density at radius 3 is 2.59 bits per heavy atom. The molecule has 4 nitrogen and oxygen atoms in total. The first-order valence-corrected chi connectivity index (χ1v) is 6.42. The van der Waals surface area contributed by atoms with E-state index >= 15 is 0 Å². The van der Waals surface area contributed by atoms with Crippen molar-refractivity contribution in [3.8, 4) is 0 Å². The smallest absolute Gasteiger partial charge is 0.161 e. The molecule has 2 rings (SSSR count). The van der Waals surface area contributed by atoms with Crippen LogP contribution in [0.25, 0.3) is 0 Å². The zero-order chi connectivity index (χ0) is 12.7. The molecule has 0 radical (unpaired) electrons. The molecule has 7 atom stereocenters. The molecule has 0 spiro atoms. The highest BCUT2D eigenvalue weighted by Crippen LogP contribution is 2.43. The van der Waals surface area contributed by atoms with Gasteiger partial charge in [0.05, 0.1) is 18.8 Å². The fourth-order valence-corrected chi connectivity index (χ4v) is 2.85. The Kier molecular flexibility index (Phi) is 3.57. The highest BCUT2D eigenvalue weighted by Gasteiger charge is 2.52. The SMILES string of the molecule is CC(O)C(C)C(=O)C1COC2OC(C)C(C)C21. The lowest BCUT2D eigenvalue weighted by atomic mass is 9.78. The van der Waals surface area contributed by atoms with Gasteiger partial charge in [-0.2, -0.15) is 0 Å². The first-order chi connectivity index (χ1) is 7.93. The van der Waals surface area contributed by atoms with Gasteiger partial charge in [-0.15, -0.1) is 0 Å². The van der Waals surface area contributed by atoms with E-state index in [1.807, 2.05) is 6.92 Å². The van der Waals surface area contributed by atoms with Gasteiger partial charge in [-0.05, 0) is 19.8 Å². The number of fused-ring (bicyclic) bond motifs is 1. The van der Waals surface area contributed by atoms with Crippen LogP contribution in [0.4, 0.5) is 0 Å². The molecule has 0 amide bonds. The first kappa shape index (κ1) is 13.0. The van der Waals surface area contributed by atoms with Gasteiger partial charge in [-0.3, -0.25) is 4.79 Å². The predicted molar refractivity (Wildman–Crippen MR) is 62.3 cm³/mol. The topological polar surface area (TPSA) is 55.8 Å². The van der Waals surface area contributed by atoms with Gasteiger partial charge in [0.25, 0.3) is 0 Å². The largest absolute Gasteiger partial charge is 0.393 e. The van der Waals surface area contributed by atoms with Crippen LogP contribution in [0.15, 0.2) is 0 Å². The lowest BCUT2D eigenvalue weighted by Gasteiger charge is -2.23. The molecule has 2 fully saturated rings. The number of hydrogen-bond acceptors (Lipinski definition) is 4. The summed E-state index contributed by atoms with van der Waals surface area (Å²) in [6.45, 7) is 8.00. The second-order valence-corrected chi connectivity index (χ2v) is 5.52. The van der Waals surface area contributed by atoms with Gasteiger partial charge in [0.2, 0.25) is 0 Å². The van der Waals surface area contributed by atoms with Gasteiger partial charge in [0.1, 0.15) is 5.78 Å². The number of ketones is 1. The third kappa shape index (κ3) is 2.14. The molecular weight excluding hydrogens is 220 g/mol. The van der Waals surface area contributed by atoms with E-state index in [2.05, 4.69) is 6.92 Å². The van der Waals surface area contributed by atoms with Gasteiger partial charge >= 0.3 is 0 Å². The first-order valence-electron chi connectivity index (χ1n) is 6.42. The number of rotatable bonds is 3.